The van der Waals surface area contributed by atoms with Gasteiger partial charge in [0.1, 0.15) is 0 Å². The van der Waals surface area contributed by atoms with Crippen LogP contribution in [0.25, 0.3) is 0 Å². The van der Waals surface area contributed by atoms with E-state index in [1.807, 2.05) is 0 Å². The molecule has 0 radical (unpaired) electrons. The first-order valence-corrected chi connectivity index (χ1v) is 4.74. The van der Waals surface area contributed by atoms with Crippen molar-refractivity contribution in [2.75, 3.05) is 0 Å². The Labute approximate surface area is 105 Å². The minimum Gasteiger partial charge on any atom is -0.353 e. The van der Waals surface area contributed by atoms with E-state index in [1.165, 1.54) is 0 Å². The van der Waals surface area contributed by atoms with Crippen LogP contribution in [0.3, 0.4) is 0 Å². The van der Waals surface area contributed by atoms with E-state index in [-0.39, 0.29) is 0 Å². The minimum atomic E-state index is -7.08. The molecule has 0 aromatic heterocycles. The first-order valence-electron chi connectivity index (χ1n) is 4.74. The second-order valence-corrected chi connectivity index (χ2v) is 4.10. The second kappa shape index (κ2) is 4.15. The average molecular weight is 319 g/mol. The summed E-state index contributed by atoms with van der Waals surface area (Å²) in [6.45, 7) is 0.911. The molecule has 0 fully saturated rings. The second-order valence-electron chi connectivity index (χ2n) is 4.10. The molecule has 0 saturated heterocycles. The van der Waals surface area contributed by atoms with Gasteiger partial charge in [-0.25, -0.2) is 0 Å². The van der Waals surface area contributed by atoms with Crippen molar-refractivity contribution in [1.82, 2.24) is 0 Å². The summed E-state index contributed by atoms with van der Waals surface area (Å²) in [5.74, 6) is -24.6. The summed E-state index contributed by atoms with van der Waals surface area (Å²) in [6, 6.07) is 0. The van der Waals surface area contributed by atoms with Crippen LogP contribution < -0.4 is 0 Å². The van der Waals surface area contributed by atoms with Crippen LogP contribution in [0.1, 0.15) is 13.3 Å². The van der Waals surface area contributed by atoms with Crippen LogP contribution in [0.2, 0.25) is 0 Å². The Hall–Kier alpha value is -1.20. The zero-order valence-corrected chi connectivity index (χ0v) is 9.41. The van der Waals surface area contributed by atoms with Crippen molar-refractivity contribution in [1.29, 1.82) is 0 Å². The molecule has 1 aliphatic heterocycles. The molecule has 0 aromatic carbocycles. The van der Waals surface area contributed by atoms with E-state index >= 15 is 0 Å². The van der Waals surface area contributed by atoms with Gasteiger partial charge in [-0.2, -0.15) is 39.5 Å². The van der Waals surface area contributed by atoms with Gasteiger partial charge < -0.3 is 9.94 Å². The molecular formula is C8H6F9NO2. The third kappa shape index (κ3) is 2.00. The van der Waals surface area contributed by atoms with E-state index in [9.17, 15) is 39.5 Å². The minimum absolute atomic E-state index is 0.488. The quantitative estimate of drug-likeness (QED) is 0.813. The number of alkyl halides is 9. The van der Waals surface area contributed by atoms with Crippen molar-refractivity contribution in [3.05, 3.63) is 0 Å². The molecule has 0 saturated carbocycles. The Morgan fingerprint density at radius 2 is 1.45 bits per heavy atom. The highest BCUT2D eigenvalue weighted by atomic mass is 19.4. The van der Waals surface area contributed by atoms with Gasteiger partial charge >= 0.3 is 29.7 Å². The van der Waals surface area contributed by atoms with Crippen molar-refractivity contribution < 1.29 is 49.5 Å². The molecule has 3 nitrogen and oxygen atoms in total. The average Bonchev–Trinajstić information content (AvgIpc) is 2.58. The Bertz CT molecular complexity index is 430. The zero-order valence-electron chi connectivity index (χ0n) is 9.41. The number of nitrogens with zero attached hydrogens (tertiary/aromatic N) is 1. The Balaban J connectivity index is 3.27. The first kappa shape index (κ1) is 16.9. The van der Waals surface area contributed by atoms with Gasteiger partial charge in [-0.1, -0.05) is 5.16 Å². The number of hydrogen-bond donors (Lipinski definition) is 1. The standard InChI is InChI=1S/C8H6F9NO2/c1-3-2-4(19,20-18-3)5(9,10)6(11,12)7(13,14)8(15,16)17/h19H,2H2,1H3. The van der Waals surface area contributed by atoms with Crippen LogP contribution in [0.4, 0.5) is 39.5 Å². The summed E-state index contributed by atoms with van der Waals surface area (Å²) < 4.78 is 113. The van der Waals surface area contributed by atoms with Crippen LogP contribution in [-0.2, 0) is 4.84 Å². The van der Waals surface area contributed by atoms with Crippen LogP contribution in [0.5, 0.6) is 0 Å². The van der Waals surface area contributed by atoms with Gasteiger partial charge in [0.25, 0.3) is 0 Å². The van der Waals surface area contributed by atoms with E-state index in [2.05, 4.69) is 9.99 Å². The van der Waals surface area contributed by atoms with Crippen LogP contribution in [-0.4, -0.2) is 40.5 Å². The number of hydrogen-bond acceptors (Lipinski definition) is 3. The normalized spacial score (nSPS) is 25.4. The van der Waals surface area contributed by atoms with Gasteiger partial charge in [0, 0.05) is 0 Å². The fourth-order valence-electron chi connectivity index (χ4n) is 1.35. The molecule has 0 spiro atoms. The maximum Gasteiger partial charge on any atom is 0.460 e. The van der Waals surface area contributed by atoms with Gasteiger partial charge in [-0.3, -0.25) is 0 Å². The fraction of sp³-hybridized carbons (Fsp3) is 0.875. The molecule has 1 rings (SSSR count). The lowest BCUT2D eigenvalue weighted by atomic mass is 9.93. The highest BCUT2D eigenvalue weighted by molar-refractivity contribution is 5.83. The van der Waals surface area contributed by atoms with Crippen LogP contribution >= 0.6 is 0 Å². The Kier molecular flexibility index (Phi) is 3.50. The maximum atomic E-state index is 13.3. The number of aliphatic hydroxyl groups is 1. The van der Waals surface area contributed by atoms with Gasteiger partial charge in [-0.05, 0) is 6.92 Å². The Morgan fingerprint density at radius 1 is 1.00 bits per heavy atom. The van der Waals surface area contributed by atoms with Crippen molar-refractivity contribution in [3.63, 3.8) is 0 Å². The third-order valence-corrected chi connectivity index (χ3v) is 2.48. The number of rotatable bonds is 3. The van der Waals surface area contributed by atoms with Gasteiger partial charge in [0.05, 0.1) is 12.1 Å². The highest BCUT2D eigenvalue weighted by Crippen LogP contribution is 2.57. The van der Waals surface area contributed by atoms with E-state index < -0.39 is 41.9 Å². The largest absolute Gasteiger partial charge is 0.460 e. The first-order chi connectivity index (χ1) is 8.60. The number of halogens is 9. The lowest BCUT2D eigenvalue weighted by Gasteiger charge is -2.38. The van der Waals surface area contributed by atoms with E-state index in [1.54, 1.807) is 0 Å². The smallest absolute Gasteiger partial charge is 0.353 e. The summed E-state index contributed by atoms with van der Waals surface area (Å²) in [5.41, 5.74) is -0.488. The Morgan fingerprint density at radius 3 is 1.75 bits per heavy atom. The summed E-state index contributed by atoms with van der Waals surface area (Å²) in [6.07, 6.45) is -8.41. The summed E-state index contributed by atoms with van der Waals surface area (Å²) in [5, 5.41) is 11.7. The molecular weight excluding hydrogens is 313 g/mol. The number of oxime groups is 1. The van der Waals surface area contributed by atoms with E-state index in [0.29, 0.717) is 0 Å². The molecule has 1 atom stereocenters. The molecule has 0 aromatic rings. The fourth-order valence-corrected chi connectivity index (χ4v) is 1.35. The van der Waals surface area contributed by atoms with Crippen molar-refractivity contribution in [3.8, 4) is 0 Å². The highest BCUT2D eigenvalue weighted by Gasteiger charge is 2.87. The molecule has 1 N–H and O–H groups in total. The van der Waals surface area contributed by atoms with Gasteiger partial charge in [0.2, 0.25) is 0 Å². The molecule has 12 heteroatoms. The molecule has 20 heavy (non-hydrogen) atoms. The summed E-state index contributed by atoms with van der Waals surface area (Å²) in [7, 11) is 0. The molecule has 0 bridgehead atoms. The predicted molar refractivity (Wildman–Crippen MR) is 44.7 cm³/mol. The van der Waals surface area contributed by atoms with Crippen LogP contribution in [0.15, 0.2) is 5.16 Å². The molecule has 0 amide bonds. The summed E-state index contributed by atoms with van der Waals surface area (Å²) in [4.78, 5) is 3.52. The van der Waals surface area contributed by atoms with Crippen molar-refractivity contribution >= 4 is 5.71 Å². The van der Waals surface area contributed by atoms with Gasteiger partial charge in [0.15, 0.2) is 0 Å². The zero-order chi connectivity index (χ0) is 16.2. The lowest BCUT2D eigenvalue weighted by molar-refractivity contribution is -0.441. The van der Waals surface area contributed by atoms with Crippen molar-refractivity contribution in [2.24, 2.45) is 5.16 Å². The topological polar surface area (TPSA) is 41.8 Å². The van der Waals surface area contributed by atoms with E-state index in [0.717, 1.165) is 6.92 Å². The third-order valence-electron chi connectivity index (χ3n) is 2.48. The molecule has 0 aliphatic carbocycles. The molecule has 1 aliphatic rings. The lowest BCUT2D eigenvalue weighted by Crippen LogP contribution is -2.68. The van der Waals surface area contributed by atoms with Crippen LogP contribution in [0, 0.1) is 0 Å². The van der Waals surface area contributed by atoms with E-state index in [4.69, 9.17) is 5.11 Å². The molecule has 118 valence electrons. The summed E-state index contributed by atoms with van der Waals surface area (Å²) >= 11 is 0. The molecule has 1 unspecified atom stereocenters. The van der Waals surface area contributed by atoms with Crippen molar-refractivity contribution in [2.45, 2.75) is 43.1 Å². The SMILES string of the molecule is CC1=NOC(O)(C(F)(F)C(F)(F)C(F)(F)C(F)(F)F)C1. The molecule has 1 heterocycles. The monoisotopic (exact) mass is 319 g/mol. The maximum absolute atomic E-state index is 13.3. The predicted octanol–water partition coefficient (Wildman–Crippen LogP) is 2.94. The van der Waals surface area contributed by atoms with Gasteiger partial charge in [-0.15, -0.1) is 0 Å².